The van der Waals surface area contributed by atoms with Gasteiger partial charge in [-0.3, -0.25) is 9.59 Å². The topological polar surface area (TPSA) is 85.4 Å². The number of fused-ring (bicyclic) bond motifs is 1. The highest BCUT2D eigenvalue weighted by atomic mass is 32.2. The predicted molar refractivity (Wildman–Crippen MR) is 130 cm³/mol. The number of Topliss-reactive ketones (excluding diaryl/α,β-unsaturated/α-hetero) is 1. The molecule has 2 heterocycles. The van der Waals surface area contributed by atoms with Crippen molar-refractivity contribution in [1.82, 2.24) is 4.98 Å². The van der Waals surface area contributed by atoms with Crippen LogP contribution in [0.5, 0.6) is 0 Å². The quantitative estimate of drug-likeness (QED) is 0.263. The first kappa shape index (κ1) is 23.9. The maximum atomic E-state index is 12.7. The van der Waals surface area contributed by atoms with Crippen molar-refractivity contribution in [3.8, 4) is 0 Å². The van der Waals surface area contributed by atoms with Crippen LogP contribution < -0.4 is 5.32 Å². The lowest BCUT2D eigenvalue weighted by Gasteiger charge is -2.09. The molecule has 3 aromatic rings. The van der Waals surface area contributed by atoms with E-state index in [-0.39, 0.29) is 29.6 Å². The number of hydrogen-bond donors (Lipinski definition) is 1. The molecular formula is C24H26N2O4S2. The number of ketones is 1. The molecule has 0 spiro atoms. The standard InChI is InChI=1S/C24H26N2O4S2/c1-6-16-8-9-18-17(11-16)10-13(3)22(25-18)31-12-19(28)26-23-20(24(29)30-7-2)14(4)21(32-23)15(5)27/h8-11H,6-7,12H2,1-5H3,(H,26,28). The summed E-state index contributed by atoms with van der Waals surface area (Å²) in [5.74, 6) is -0.856. The van der Waals surface area contributed by atoms with E-state index in [2.05, 4.69) is 30.4 Å². The summed E-state index contributed by atoms with van der Waals surface area (Å²) in [6.45, 7) is 9.14. The molecule has 0 unspecified atom stereocenters. The lowest BCUT2D eigenvalue weighted by Crippen LogP contribution is -2.16. The molecule has 32 heavy (non-hydrogen) atoms. The Hall–Kier alpha value is -2.71. The van der Waals surface area contributed by atoms with E-state index in [1.54, 1.807) is 13.8 Å². The number of anilines is 1. The third-order valence-electron chi connectivity index (χ3n) is 4.97. The van der Waals surface area contributed by atoms with E-state index in [0.29, 0.717) is 15.4 Å². The molecular weight excluding hydrogens is 444 g/mol. The summed E-state index contributed by atoms with van der Waals surface area (Å²) in [5, 5.41) is 5.00. The van der Waals surface area contributed by atoms with Crippen LogP contribution in [0.15, 0.2) is 29.3 Å². The second-order valence-electron chi connectivity index (χ2n) is 7.36. The molecule has 0 aliphatic heterocycles. The minimum Gasteiger partial charge on any atom is -0.462 e. The normalized spacial score (nSPS) is 10.9. The minimum atomic E-state index is -0.546. The van der Waals surface area contributed by atoms with Gasteiger partial charge < -0.3 is 10.1 Å². The van der Waals surface area contributed by atoms with Crippen LogP contribution in [0.3, 0.4) is 0 Å². The first-order valence-corrected chi connectivity index (χ1v) is 12.2. The van der Waals surface area contributed by atoms with Gasteiger partial charge in [-0.15, -0.1) is 11.3 Å². The van der Waals surface area contributed by atoms with Gasteiger partial charge in [0.2, 0.25) is 5.91 Å². The fourth-order valence-electron chi connectivity index (χ4n) is 3.36. The number of esters is 1. The molecule has 1 N–H and O–H groups in total. The number of carbonyl (C=O) groups is 3. The summed E-state index contributed by atoms with van der Waals surface area (Å²) in [7, 11) is 0. The Labute approximate surface area is 195 Å². The maximum absolute atomic E-state index is 12.7. The molecule has 0 aliphatic carbocycles. The molecule has 0 atom stereocenters. The largest absolute Gasteiger partial charge is 0.462 e. The van der Waals surface area contributed by atoms with Gasteiger partial charge in [0.25, 0.3) is 0 Å². The Morgan fingerprint density at radius 2 is 1.91 bits per heavy atom. The Bertz CT molecular complexity index is 1200. The third-order valence-corrected chi connectivity index (χ3v) is 7.37. The highest BCUT2D eigenvalue weighted by molar-refractivity contribution is 8.00. The molecule has 0 fully saturated rings. The summed E-state index contributed by atoms with van der Waals surface area (Å²) >= 11 is 2.44. The monoisotopic (exact) mass is 470 g/mol. The van der Waals surface area contributed by atoms with Crippen molar-refractivity contribution in [3.63, 3.8) is 0 Å². The van der Waals surface area contributed by atoms with Crippen molar-refractivity contribution < 1.29 is 19.1 Å². The zero-order valence-corrected chi connectivity index (χ0v) is 20.5. The van der Waals surface area contributed by atoms with Crippen LogP contribution in [-0.2, 0) is 16.0 Å². The van der Waals surface area contributed by atoms with E-state index in [4.69, 9.17) is 9.72 Å². The van der Waals surface area contributed by atoms with E-state index in [1.165, 1.54) is 24.2 Å². The van der Waals surface area contributed by atoms with E-state index in [1.807, 2.05) is 13.0 Å². The van der Waals surface area contributed by atoms with E-state index < -0.39 is 5.97 Å². The summed E-state index contributed by atoms with van der Waals surface area (Å²) in [6.07, 6.45) is 0.965. The highest BCUT2D eigenvalue weighted by Crippen LogP contribution is 2.34. The van der Waals surface area contributed by atoms with Crippen LogP contribution in [0, 0.1) is 13.8 Å². The van der Waals surface area contributed by atoms with Gasteiger partial charge in [-0.05, 0) is 69.0 Å². The first-order valence-electron chi connectivity index (χ1n) is 10.4. The number of aryl methyl sites for hydroxylation is 2. The van der Waals surface area contributed by atoms with Crippen LogP contribution >= 0.6 is 23.1 Å². The van der Waals surface area contributed by atoms with Crippen molar-refractivity contribution in [1.29, 1.82) is 0 Å². The van der Waals surface area contributed by atoms with Gasteiger partial charge in [-0.1, -0.05) is 24.8 Å². The number of nitrogens with one attached hydrogen (secondary N) is 1. The fourth-order valence-corrected chi connectivity index (χ4v) is 5.26. The number of ether oxygens (including phenoxy) is 1. The molecule has 1 amide bonds. The number of pyridine rings is 1. The van der Waals surface area contributed by atoms with Gasteiger partial charge >= 0.3 is 5.97 Å². The van der Waals surface area contributed by atoms with Gasteiger partial charge in [0, 0.05) is 5.39 Å². The second-order valence-corrected chi connectivity index (χ2v) is 9.35. The smallest absolute Gasteiger partial charge is 0.341 e. The summed E-state index contributed by atoms with van der Waals surface area (Å²) in [6, 6.07) is 8.29. The number of thiophene rings is 1. The molecule has 6 nitrogen and oxygen atoms in total. The molecule has 0 bridgehead atoms. The van der Waals surface area contributed by atoms with Gasteiger partial charge in [-0.25, -0.2) is 9.78 Å². The van der Waals surface area contributed by atoms with E-state index in [9.17, 15) is 14.4 Å². The van der Waals surface area contributed by atoms with Crippen LogP contribution in [0.2, 0.25) is 0 Å². The number of benzene rings is 1. The van der Waals surface area contributed by atoms with Crippen molar-refractivity contribution in [2.24, 2.45) is 0 Å². The predicted octanol–water partition coefficient (Wildman–Crippen LogP) is 5.59. The zero-order valence-electron chi connectivity index (χ0n) is 18.8. The SMILES string of the molecule is CCOC(=O)c1c(NC(=O)CSc2nc3ccc(CC)cc3cc2C)sc(C(C)=O)c1C. The van der Waals surface area contributed by atoms with Crippen LogP contribution in [-0.4, -0.2) is 35.0 Å². The molecule has 3 rings (SSSR count). The lowest BCUT2D eigenvalue weighted by atomic mass is 10.1. The Morgan fingerprint density at radius 1 is 1.16 bits per heavy atom. The van der Waals surface area contributed by atoms with Crippen molar-refractivity contribution in [2.75, 3.05) is 17.7 Å². The number of nitrogens with zero attached hydrogens (tertiary/aromatic N) is 1. The second kappa shape index (κ2) is 10.3. The van der Waals surface area contributed by atoms with E-state index >= 15 is 0 Å². The summed E-state index contributed by atoms with van der Waals surface area (Å²) in [4.78, 5) is 42.2. The minimum absolute atomic E-state index is 0.126. The van der Waals surface area contributed by atoms with Gasteiger partial charge in [0.15, 0.2) is 5.78 Å². The van der Waals surface area contributed by atoms with E-state index in [0.717, 1.165) is 39.2 Å². The van der Waals surface area contributed by atoms with Crippen LogP contribution in [0.25, 0.3) is 10.9 Å². The maximum Gasteiger partial charge on any atom is 0.341 e. The Morgan fingerprint density at radius 3 is 2.56 bits per heavy atom. The zero-order chi connectivity index (χ0) is 23.4. The average Bonchev–Trinajstić information content (AvgIpc) is 3.07. The molecule has 0 aliphatic rings. The Balaban J connectivity index is 1.78. The number of rotatable bonds is 8. The number of amides is 1. The summed E-state index contributed by atoms with van der Waals surface area (Å²) < 4.78 is 5.12. The van der Waals surface area contributed by atoms with Crippen LogP contribution in [0.1, 0.15) is 57.5 Å². The van der Waals surface area contributed by atoms with Crippen molar-refractivity contribution in [2.45, 2.75) is 46.1 Å². The fraction of sp³-hybridized carbons (Fsp3) is 0.333. The number of thioether (sulfide) groups is 1. The van der Waals surface area contributed by atoms with Gasteiger partial charge in [-0.2, -0.15) is 0 Å². The molecule has 8 heteroatoms. The number of aromatic nitrogens is 1. The summed E-state index contributed by atoms with van der Waals surface area (Å²) in [5.41, 5.74) is 3.92. The molecule has 2 aromatic heterocycles. The Kier molecular flexibility index (Phi) is 7.69. The average molecular weight is 471 g/mol. The van der Waals surface area contributed by atoms with Gasteiger partial charge in [0.1, 0.15) is 10.0 Å². The van der Waals surface area contributed by atoms with Crippen molar-refractivity contribution >= 4 is 56.7 Å². The number of carbonyl (C=O) groups excluding carboxylic acids is 3. The first-order chi connectivity index (χ1) is 15.2. The molecule has 1 aromatic carbocycles. The third kappa shape index (κ3) is 5.19. The van der Waals surface area contributed by atoms with Crippen molar-refractivity contribution in [3.05, 3.63) is 51.4 Å². The van der Waals surface area contributed by atoms with Crippen LogP contribution in [0.4, 0.5) is 5.00 Å². The molecule has 168 valence electrons. The highest BCUT2D eigenvalue weighted by Gasteiger charge is 2.25. The number of hydrogen-bond acceptors (Lipinski definition) is 7. The lowest BCUT2D eigenvalue weighted by molar-refractivity contribution is -0.113. The van der Waals surface area contributed by atoms with Gasteiger partial charge in [0.05, 0.1) is 28.3 Å². The molecule has 0 radical (unpaired) electrons. The molecule has 0 saturated heterocycles. The molecule has 0 saturated carbocycles.